The zero-order valence-corrected chi connectivity index (χ0v) is 13.3. The Morgan fingerprint density at radius 1 is 1.38 bits per heavy atom. The molecule has 0 aliphatic heterocycles. The lowest BCUT2D eigenvalue weighted by molar-refractivity contribution is -0.143. The Hall–Kier alpha value is -1.98. The fourth-order valence-electron chi connectivity index (χ4n) is 2.16. The second-order valence-corrected chi connectivity index (χ2v) is 5.33. The first kappa shape index (κ1) is 17.1. The summed E-state index contributed by atoms with van der Waals surface area (Å²) >= 11 is 0. The Balaban J connectivity index is 2.95. The first-order valence-electron chi connectivity index (χ1n) is 7.29. The average Bonchev–Trinajstić information content (AvgIpc) is 2.78. The van der Waals surface area contributed by atoms with Crippen molar-refractivity contribution in [1.29, 1.82) is 0 Å². The summed E-state index contributed by atoms with van der Waals surface area (Å²) in [5.41, 5.74) is 6.80. The van der Waals surface area contributed by atoms with Crippen LogP contribution >= 0.6 is 0 Å². The molecule has 2 N–H and O–H groups in total. The number of carbonyl (C=O) groups excluding carboxylic acids is 2. The van der Waals surface area contributed by atoms with E-state index in [9.17, 15) is 9.59 Å². The number of aromatic nitrogens is 1. The molecule has 6 nitrogen and oxygen atoms in total. The largest absolute Gasteiger partial charge is 0.465 e. The van der Waals surface area contributed by atoms with Crippen molar-refractivity contribution < 1.29 is 14.3 Å². The van der Waals surface area contributed by atoms with Gasteiger partial charge in [-0.2, -0.15) is 0 Å². The van der Waals surface area contributed by atoms with E-state index >= 15 is 0 Å². The van der Waals surface area contributed by atoms with Crippen LogP contribution in [-0.2, 0) is 16.1 Å². The number of esters is 1. The summed E-state index contributed by atoms with van der Waals surface area (Å²) in [5, 5.41) is 0. The van der Waals surface area contributed by atoms with E-state index in [-0.39, 0.29) is 18.4 Å². The molecule has 0 saturated heterocycles. The second kappa shape index (κ2) is 7.71. The Kier molecular flexibility index (Phi) is 6.27. The number of hydrogen-bond donors (Lipinski definition) is 1. The molecule has 0 bridgehead atoms. The average molecular weight is 295 g/mol. The molecule has 1 aromatic heterocycles. The smallest absolute Gasteiger partial charge is 0.325 e. The lowest BCUT2D eigenvalue weighted by atomic mass is 10.2. The van der Waals surface area contributed by atoms with Crippen LogP contribution < -0.4 is 5.73 Å². The zero-order chi connectivity index (χ0) is 16.0. The van der Waals surface area contributed by atoms with Gasteiger partial charge in [0.05, 0.1) is 12.3 Å². The van der Waals surface area contributed by atoms with Crippen molar-refractivity contribution in [3.05, 3.63) is 18.0 Å². The van der Waals surface area contributed by atoms with Crippen LogP contribution in [0.25, 0.3) is 0 Å². The van der Waals surface area contributed by atoms with Crippen LogP contribution in [0.2, 0.25) is 0 Å². The van der Waals surface area contributed by atoms with Crippen molar-refractivity contribution in [3.8, 4) is 0 Å². The Morgan fingerprint density at radius 2 is 2.05 bits per heavy atom. The molecule has 0 spiro atoms. The number of hydrogen-bond acceptors (Lipinski definition) is 4. The van der Waals surface area contributed by atoms with Gasteiger partial charge in [-0.15, -0.1) is 0 Å². The van der Waals surface area contributed by atoms with Gasteiger partial charge in [-0.1, -0.05) is 13.8 Å². The summed E-state index contributed by atoms with van der Waals surface area (Å²) in [6.07, 6.45) is 1.73. The molecule has 1 amide bonds. The van der Waals surface area contributed by atoms with E-state index in [0.717, 1.165) is 0 Å². The molecule has 21 heavy (non-hydrogen) atoms. The van der Waals surface area contributed by atoms with Crippen molar-refractivity contribution in [1.82, 2.24) is 9.47 Å². The van der Waals surface area contributed by atoms with Crippen molar-refractivity contribution >= 4 is 17.6 Å². The molecule has 1 rings (SSSR count). The molecule has 0 unspecified atom stereocenters. The maximum absolute atomic E-state index is 12.7. The summed E-state index contributed by atoms with van der Waals surface area (Å²) in [4.78, 5) is 25.9. The molecular formula is C15H25N3O3. The molecule has 0 aliphatic carbocycles. The highest BCUT2D eigenvalue weighted by molar-refractivity contribution is 5.95. The minimum atomic E-state index is -0.394. The minimum absolute atomic E-state index is 0.0420. The molecule has 0 saturated carbocycles. The molecule has 118 valence electrons. The third-order valence-electron chi connectivity index (χ3n) is 2.98. The number of amides is 1. The molecule has 0 aromatic carbocycles. The van der Waals surface area contributed by atoms with Crippen LogP contribution in [0.1, 0.15) is 38.2 Å². The van der Waals surface area contributed by atoms with E-state index in [0.29, 0.717) is 31.1 Å². The van der Waals surface area contributed by atoms with Gasteiger partial charge >= 0.3 is 5.97 Å². The quantitative estimate of drug-likeness (QED) is 0.777. The predicted molar refractivity (Wildman–Crippen MR) is 81.9 cm³/mol. The van der Waals surface area contributed by atoms with Crippen LogP contribution in [0.3, 0.4) is 0 Å². The van der Waals surface area contributed by atoms with E-state index in [1.807, 2.05) is 20.8 Å². The maximum atomic E-state index is 12.7. The summed E-state index contributed by atoms with van der Waals surface area (Å²) in [6, 6.07) is 1.64. The number of nitrogens with zero attached hydrogens (tertiary/aromatic N) is 2. The highest BCUT2D eigenvalue weighted by Crippen LogP contribution is 2.14. The third kappa shape index (κ3) is 4.81. The summed E-state index contributed by atoms with van der Waals surface area (Å²) < 4.78 is 6.73. The number of nitrogens with two attached hydrogens (primary N) is 1. The van der Waals surface area contributed by atoms with Gasteiger partial charge in [0, 0.05) is 19.3 Å². The first-order valence-corrected chi connectivity index (χ1v) is 7.29. The number of carbonyl (C=O) groups is 2. The molecule has 1 aromatic rings. The molecule has 0 radical (unpaired) electrons. The topological polar surface area (TPSA) is 77.6 Å². The molecule has 0 aliphatic rings. The van der Waals surface area contributed by atoms with Crippen LogP contribution in [-0.4, -0.2) is 41.0 Å². The second-order valence-electron chi connectivity index (χ2n) is 5.33. The zero-order valence-electron chi connectivity index (χ0n) is 13.3. The molecule has 0 atom stereocenters. The van der Waals surface area contributed by atoms with E-state index in [1.54, 1.807) is 23.8 Å². The molecule has 1 heterocycles. The van der Waals surface area contributed by atoms with Gasteiger partial charge in [-0.3, -0.25) is 9.59 Å². The Bertz CT molecular complexity index is 494. The fourth-order valence-corrected chi connectivity index (χ4v) is 2.16. The van der Waals surface area contributed by atoms with Gasteiger partial charge in [0.25, 0.3) is 5.91 Å². The van der Waals surface area contributed by atoms with E-state index < -0.39 is 5.97 Å². The highest BCUT2D eigenvalue weighted by atomic mass is 16.5. The van der Waals surface area contributed by atoms with Crippen molar-refractivity contribution in [2.75, 3.05) is 25.4 Å². The fraction of sp³-hybridized carbons (Fsp3) is 0.600. The van der Waals surface area contributed by atoms with E-state index in [2.05, 4.69) is 0 Å². The number of aryl methyl sites for hydroxylation is 1. The predicted octanol–water partition coefficient (Wildman–Crippen LogP) is 1.75. The lowest BCUT2D eigenvalue weighted by Crippen LogP contribution is -2.39. The van der Waals surface area contributed by atoms with Gasteiger partial charge in [0.15, 0.2) is 0 Å². The standard InChI is InChI=1S/C15H25N3O3/c1-5-17-9-12(16)7-13(17)15(20)18(8-11(3)4)10-14(19)21-6-2/h7,9,11H,5-6,8,10,16H2,1-4H3. The lowest BCUT2D eigenvalue weighted by Gasteiger charge is -2.24. The van der Waals surface area contributed by atoms with Gasteiger partial charge in [0.2, 0.25) is 0 Å². The highest BCUT2D eigenvalue weighted by Gasteiger charge is 2.23. The number of rotatable bonds is 7. The third-order valence-corrected chi connectivity index (χ3v) is 2.98. The Labute approximate surface area is 125 Å². The van der Waals surface area contributed by atoms with Crippen LogP contribution in [0, 0.1) is 5.92 Å². The van der Waals surface area contributed by atoms with Gasteiger partial charge in [-0.05, 0) is 25.8 Å². The number of anilines is 1. The van der Waals surface area contributed by atoms with Gasteiger partial charge in [-0.25, -0.2) is 0 Å². The number of nitrogen functional groups attached to an aromatic ring is 1. The van der Waals surface area contributed by atoms with E-state index in [4.69, 9.17) is 10.5 Å². The van der Waals surface area contributed by atoms with Crippen molar-refractivity contribution in [2.24, 2.45) is 5.92 Å². The Morgan fingerprint density at radius 3 is 2.57 bits per heavy atom. The van der Waals surface area contributed by atoms with Crippen molar-refractivity contribution in [2.45, 2.75) is 34.2 Å². The molecule has 6 heteroatoms. The van der Waals surface area contributed by atoms with E-state index in [1.165, 1.54) is 4.90 Å². The van der Waals surface area contributed by atoms with Gasteiger partial charge < -0.3 is 19.9 Å². The minimum Gasteiger partial charge on any atom is -0.465 e. The SMILES string of the molecule is CCOC(=O)CN(CC(C)C)C(=O)c1cc(N)cn1CC. The van der Waals surface area contributed by atoms with Crippen molar-refractivity contribution in [3.63, 3.8) is 0 Å². The van der Waals surface area contributed by atoms with Crippen LogP contribution in [0.5, 0.6) is 0 Å². The first-order chi connectivity index (χ1) is 9.88. The summed E-state index contributed by atoms with van der Waals surface area (Å²) in [5.74, 6) is -0.338. The van der Waals surface area contributed by atoms with Crippen LogP contribution in [0.4, 0.5) is 5.69 Å². The van der Waals surface area contributed by atoms with Crippen LogP contribution in [0.15, 0.2) is 12.3 Å². The van der Waals surface area contributed by atoms with Gasteiger partial charge in [0.1, 0.15) is 12.2 Å². The summed E-state index contributed by atoms with van der Waals surface area (Å²) in [6.45, 7) is 9.08. The normalized spacial score (nSPS) is 10.7. The monoisotopic (exact) mass is 295 g/mol. The number of ether oxygens (including phenoxy) is 1. The molecular weight excluding hydrogens is 270 g/mol. The summed E-state index contributed by atoms with van der Waals surface area (Å²) in [7, 11) is 0. The maximum Gasteiger partial charge on any atom is 0.325 e. The molecule has 0 fully saturated rings.